The third-order valence-corrected chi connectivity index (χ3v) is 2.40. The summed E-state index contributed by atoms with van der Waals surface area (Å²) in [6.45, 7) is 5.65. The average Bonchev–Trinajstić information content (AvgIpc) is 2.16. The number of halogens is 1. The van der Waals surface area contributed by atoms with Crippen LogP contribution in [0.2, 0.25) is 0 Å². The quantitative estimate of drug-likeness (QED) is 0.773. The molecule has 0 fully saturated rings. The Morgan fingerprint density at radius 2 is 1.94 bits per heavy atom. The zero-order valence-corrected chi connectivity index (χ0v) is 10.5. The Kier molecular flexibility index (Phi) is 4.90. The van der Waals surface area contributed by atoms with Gasteiger partial charge in [-0.25, -0.2) is 4.39 Å². The summed E-state index contributed by atoms with van der Waals surface area (Å²) >= 11 is 0. The molecule has 90 valence electrons. The van der Waals surface area contributed by atoms with Gasteiger partial charge in [-0.15, -0.1) is 0 Å². The molecule has 0 saturated carbocycles. The molecule has 0 aromatic heterocycles. The molecule has 1 rings (SSSR count). The lowest BCUT2D eigenvalue weighted by atomic mass is 10.0. The number of benzene rings is 1. The molecular formula is C13H21FN2. The first-order chi connectivity index (χ1) is 7.49. The van der Waals surface area contributed by atoms with E-state index in [1.54, 1.807) is 12.1 Å². The Morgan fingerprint density at radius 1 is 1.25 bits per heavy atom. The minimum atomic E-state index is -0.146. The molecule has 2 nitrogen and oxygen atoms in total. The van der Waals surface area contributed by atoms with E-state index in [0.717, 1.165) is 17.8 Å². The van der Waals surface area contributed by atoms with E-state index in [1.165, 1.54) is 0 Å². The zero-order chi connectivity index (χ0) is 12.1. The highest BCUT2D eigenvalue weighted by Gasteiger charge is 2.04. The second kappa shape index (κ2) is 5.97. The lowest BCUT2D eigenvalue weighted by molar-refractivity contribution is 0.367. The molecule has 3 heteroatoms. The van der Waals surface area contributed by atoms with E-state index in [0.29, 0.717) is 12.5 Å². The smallest absolute Gasteiger partial charge is 0.123 e. The first kappa shape index (κ1) is 13.1. The first-order valence-electron chi connectivity index (χ1n) is 5.64. The Hall–Kier alpha value is -0.930. The Labute approximate surface area is 97.5 Å². The molecule has 0 aliphatic heterocycles. The van der Waals surface area contributed by atoms with Gasteiger partial charge in [0.2, 0.25) is 0 Å². The minimum absolute atomic E-state index is 0.146. The summed E-state index contributed by atoms with van der Waals surface area (Å²) in [5.41, 5.74) is 2.06. The summed E-state index contributed by atoms with van der Waals surface area (Å²) in [6.07, 6.45) is 0. The van der Waals surface area contributed by atoms with Crippen LogP contribution in [0.4, 0.5) is 4.39 Å². The van der Waals surface area contributed by atoms with Crippen molar-refractivity contribution in [1.82, 2.24) is 10.2 Å². The van der Waals surface area contributed by atoms with Crippen LogP contribution in [0.25, 0.3) is 0 Å². The largest absolute Gasteiger partial charge is 0.300 e. The second-order valence-corrected chi connectivity index (χ2v) is 4.71. The van der Waals surface area contributed by atoms with E-state index in [-0.39, 0.29) is 5.82 Å². The molecule has 0 aliphatic rings. The average molecular weight is 224 g/mol. The Balaban J connectivity index is 2.65. The van der Waals surface area contributed by atoms with Crippen LogP contribution in [0.1, 0.15) is 30.9 Å². The summed E-state index contributed by atoms with van der Waals surface area (Å²) in [4.78, 5) is 2.04. The lowest BCUT2D eigenvalue weighted by Crippen LogP contribution is -2.27. The monoisotopic (exact) mass is 224 g/mol. The number of hydrogen-bond donors (Lipinski definition) is 1. The van der Waals surface area contributed by atoms with Crippen molar-refractivity contribution < 1.29 is 4.39 Å². The Morgan fingerprint density at radius 3 is 2.50 bits per heavy atom. The van der Waals surface area contributed by atoms with Crippen molar-refractivity contribution in [3.05, 3.63) is 35.1 Å². The number of nitrogens with one attached hydrogen (secondary N) is 1. The van der Waals surface area contributed by atoms with Gasteiger partial charge in [0, 0.05) is 13.2 Å². The van der Waals surface area contributed by atoms with Gasteiger partial charge in [0.05, 0.1) is 0 Å². The van der Waals surface area contributed by atoms with E-state index in [1.807, 2.05) is 19.0 Å². The van der Waals surface area contributed by atoms with Gasteiger partial charge < -0.3 is 5.32 Å². The molecule has 1 aromatic rings. The molecule has 0 saturated heterocycles. The molecule has 0 unspecified atom stereocenters. The van der Waals surface area contributed by atoms with E-state index in [4.69, 9.17) is 0 Å². The van der Waals surface area contributed by atoms with Crippen LogP contribution in [-0.2, 0) is 6.54 Å². The fraction of sp³-hybridized carbons (Fsp3) is 0.538. The van der Waals surface area contributed by atoms with Crippen molar-refractivity contribution >= 4 is 0 Å². The normalized spacial score (nSPS) is 11.4. The van der Waals surface area contributed by atoms with E-state index in [2.05, 4.69) is 25.2 Å². The lowest BCUT2D eigenvalue weighted by Gasteiger charge is -2.13. The van der Waals surface area contributed by atoms with Gasteiger partial charge in [-0.1, -0.05) is 19.9 Å². The van der Waals surface area contributed by atoms with Gasteiger partial charge in [-0.2, -0.15) is 0 Å². The third-order valence-electron chi connectivity index (χ3n) is 2.40. The van der Waals surface area contributed by atoms with E-state index < -0.39 is 0 Å². The van der Waals surface area contributed by atoms with Gasteiger partial charge in [0.25, 0.3) is 0 Å². The number of hydrogen-bond acceptors (Lipinski definition) is 2. The van der Waals surface area contributed by atoms with Gasteiger partial charge >= 0.3 is 0 Å². The molecule has 0 heterocycles. The summed E-state index contributed by atoms with van der Waals surface area (Å²) in [5, 5.41) is 3.25. The maximum Gasteiger partial charge on any atom is 0.123 e. The van der Waals surface area contributed by atoms with Gasteiger partial charge in [-0.3, -0.25) is 4.90 Å². The molecule has 16 heavy (non-hydrogen) atoms. The molecule has 0 atom stereocenters. The van der Waals surface area contributed by atoms with Gasteiger partial charge in [-0.05, 0) is 43.3 Å². The third kappa shape index (κ3) is 4.29. The molecule has 0 bridgehead atoms. The maximum atomic E-state index is 13.3. The second-order valence-electron chi connectivity index (χ2n) is 4.71. The predicted molar refractivity (Wildman–Crippen MR) is 65.9 cm³/mol. The van der Waals surface area contributed by atoms with E-state index >= 15 is 0 Å². The molecule has 0 aliphatic carbocycles. The SMILES string of the molecule is CC(C)c1cc(F)cc(CNCN(C)C)c1. The highest BCUT2D eigenvalue weighted by Crippen LogP contribution is 2.17. The summed E-state index contributed by atoms with van der Waals surface area (Å²) in [7, 11) is 4.00. The summed E-state index contributed by atoms with van der Waals surface area (Å²) in [5.74, 6) is 0.219. The first-order valence-corrected chi connectivity index (χ1v) is 5.64. The number of rotatable bonds is 5. The molecule has 0 spiro atoms. The number of nitrogens with zero attached hydrogens (tertiary/aromatic N) is 1. The van der Waals surface area contributed by atoms with Crippen LogP contribution in [0.3, 0.4) is 0 Å². The van der Waals surface area contributed by atoms with Crippen molar-refractivity contribution in [1.29, 1.82) is 0 Å². The fourth-order valence-corrected chi connectivity index (χ4v) is 1.53. The summed E-state index contributed by atoms with van der Waals surface area (Å²) < 4.78 is 13.3. The van der Waals surface area contributed by atoms with Crippen LogP contribution in [0.15, 0.2) is 18.2 Å². The van der Waals surface area contributed by atoms with Crippen LogP contribution in [0, 0.1) is 5.82 Å². The Bertz CT molecular complexity index is 335. The van der Waals surface area contributed by atoms with Crippen molar-refractivity contribution in [2.45, 2.75) is 26.3 Å². The molecule has 0 radical (unpaired) electrons. The standard InChI is InChI=1S/C13H21FN2/c1-10(2)12-5-11(6-13(14)7-12)8-15-9-16(3)4/h5-7,10,15H,8-9H2,1-4H3. The highest BCUT2D eigenvalue weighted by atomic mass is 19.1. The molecule has 1 N–H and O–H groups in total. The van der Waals surface area contributed by atoms with E-state index in [9.17, 15) is 4.39 Å². The van der Waals surface area contributed by atoms with Crippen molar-refractivity contribution in [3.8, 4) is 0 Å². The zero-order valence-electron chi connectivity index (χ0n) is 10.5. The van der Waals surface area contributed by atoms with Crippen LogP contribution in [0.5, 0.6) is 0 Å². The van der Waals surface area contributed by atoms with Crippen molar-refractivity contribution in [3.63, 3.8) is 0 Å². The van der Waals surface area contributed by atoms with Crippen molar-refractivity contribution in [2.24, 2.45) is 0 Å². The van der Waals surface area contributed by atoms with Crippen molar-refractivity contribution in [2.75, 3.05) is 20.8 Å². The minimum Gasteiger partial charge on any atom is -0.300 e. The fourth-order valence-electron chi connectivity index (χ4n) is 1.53. The van der Waals surface area contributed by atoms with Gasteiger partial charge in [0.15, 0.2) is 0 Å². The van der Waals surface area contributed by atoms with Crippen LogP contribution >= 0.6 is 0 Å². The maximum absolute atomic E-state index is 13.3. The molecule has 0 amide bonds. The predicted octanol–water partition coefficient (Wildman–Crippen LogP) is 2.56. The van der Waals surface area contributed by atoms with Crippen LogP contribution in [-0.4, -0.2) is 25.7 Å². The topological polar surface area (TPSA) is 15.3 Å². The summed E-state index contributed by atoms with van der Waals surface area (Å²) in [6, 6.07) is 5.27. The highest BCUT2D eigenvalue weighted by molar-refractivity contribution is 5.26. The molecular weight excluding hydrogens is 203 g/mol. The van der Waals surface area contributed by atoms with Crippen LogP contribution < -0.4 is 5.32 Å². The molecule has 1 aromatic carbocycles. The van der Waals surface area contributed by atoms with Gasteiger partial charge in [0.1, 0.15) is 5.82 Å².